The van der Waals surface area contributed by atoms with Gasteiger partial charge in [0.1, 0.15) is 12.4 Å². The largest absolute Gasteiger partial charge is 0.490 e. The Balaban J connectivity index is 1.65. The van der Waals surface area contributed by atoms with Crippen LogP contribution in [0, 0.1) is 10.1 Å². The van der Waals surface area contributed by atoms with Gasteiger partial charge in [0.05, 0.1) is 4.92 Å². The first-order chi connectivity index (χ1) is 14.1. The van der Waals surface area contributed by atoms with Gasteiger partial charge in [-0.2, -0.15) is 0 Å². The first kappa shape index (κ1) is 19.5. The van der Waals surface area contributed by atoms with Crippen molar-refractivity contribution < 1.29 is 23.8 Å². The molecule has 29 heavy (non-hydrogen) atoms. The number of benzene rings is 2. The van der Waals surface area contributed by atoms with Crippen molar-refractivity contribution in [3.63, 3.8) is 0 Å². The van der Waals surface area contributed by atoms with Crippen molar-refractivity contribution in [1.82, 2.24) is 10.3 Å². The minimum absolute atomic E-state index is 0.0127. The quantitative estimate of drug-likeness (QED) is 0.331. The SMILES string of the molecule is C=CCOc1ccc(-c2nonc2NC(=O)COc2ccccc2[N+](=O)[O-])cc1. The summed E-state index contributed by atoms with van der Waals surface area (Å²) in [6.45, 7) is 3.51. The summed E-state index contributed by atoms with van der Waals surface area (Å²) in [6, 6.07) is 12.7. The fourth-order valence-electron chi connectivity index (χ4n) is 2.37. The van der Waals surface area contributed by atoms with Crippen LogP contribution in [-0.4, -0.2) is 34.4 Å². The molecule has 1 heterocycles. The van der Waals surface area contributed by atoms with Crippen LogP contribution in [0.5, 0.6) is 11.5 Å². The molecule has 0 aliphatic carbocycles. The van der Waals surface area contributed by atoms with Gasteiger partial charge in [-0.1, -0.05) is 24.8 Å². The van der Waals surface area contributed by atoms with Gasteiger partial charge in [-0.3, -0.25) is 14.9 Å². The highest BCUT2D eigenvalue weighted by Gasteiger charge is 2.18. The summed E-state index contributed by atoms with van der Waals surface area (Å²) >= 11 is 0. The highest BCUT2D eigenvalue weighted by atomic mass is 16.6. The molecule has 0 aliphatic rings. The van der Waals surface area contributed by atoms with E-state index >= 15 is 0 Å². The number of nitrogens with one attached hydrogen (secondary N) is 1. The Labute approximate surface area is 164 Å². The fourth-order valence-corrected chi connectivity index (χ4v) is 2.37. The van der Waals surface area contributed by atoms with E-state index in [4.69, 9.17) is 14.1 Å². The highest BCUT2D eigenvalue weighted by molar-refractivity contribution is 5.94. The lowest BCUT2D eigenvalue weighted by atomic mass is 10.1. The van der Waals surface area contributed by atoms with Gasteiger partial charge in [-0.05, 0) is 40.6 Å². The number of ether oxygens (including phenoxy) is 2. The molecule has 1 N–H and O–H groups in total. The predicted octanol–water partition coefficient (Wildman–Crippen LogP) is 3.23. The number of anilines is 1. The van der Waals surface area contributed by atoms with Crippen LogP contribution in [0.15, 0.2) is 65.8 Å². The van der Waals surface area contributed by atoms with E-state index in [2.05, 4.69) is 22.2 Å². The molecule has 0 saturated heterocycles. The molecular weight excluding hydrogens is 380 g/mol. The number of nitro groups is 1. The second-order valence-corrected chi connectivity index (χ2v) is 5.65. The zero-order chi connectivity index (χ0) is 20.6. The van der Waals surface area contributed by atoms with Crippen molar-refractivity contribution in [3.8, 4) is 22.8 Å². The molecule has 1 aromatic heterocycles. The monoisotopic (exact) mass is 396 g/mol. The third-order valence-electron chi connectivity index (χ3n) is 3.66. The molecule has 2 aromatic carbocycles. The third kappa shape index (κ3) is 4.95. The molecule has 10 heteroatoms. The number of carbonyl (C=O) groups is 1. The van der Waals surface area contributed by atoms with E-state index in [0.717, 1.165) is 0 Å². The first-order valence-corrected chi connectivity index (χ1v) is 8.41. The molecule has 0 aliphatic heterocycles. The highest BCUT2D eigenvalue weighted by Crippen LogP contribution is 2.27. The van der Waals surface area contributed by atoms with Gasteiger partial charge in [-0.25, -0.2) is 4.63 Å². The van der Waals surface area contributed by atoms with E-state index < -0.39 is 17.4 Å². The molecule has 0 bridgehead atoms. The standard InChI is InChI=1S/C19H16N4O6/c1-2-11-27-14-9-7-13(8-10-14)18-19(22-29-21-18)20-17(24)12-28-16-6-4-3-5-15(16)23(25)26/h2-10H,1,11-12H2,(H,20,22,24). The zero-order valence-electron chi connectivity index (χ0n) is 15.1. The Morgan fingerprint density at radius 2 is 1.93 bits per heavy atom. The Hall–Kier alpha value is -4.21. The van der Waals surface area contributed by atoms with Crippen LogP contribution in [0.3, 0.4) is 0 Å². The van der Waals surface area contributed by atoms with Crippen LogP contribution >= 0.6 is 0 Å². The van der Waals surface area contributed by atoms with Crippen molar-refractivity contribution in [2.24, 2.45) is 0 Å². The van der Waals surface area contributed by atoms with E-state index in [0.29, 0.717) is 23.6 Å². The smallest absolute Gasteiger partial charge is 0.310 e. The van der Waals surface area contributed by atoms with Crippen molar-refractivity contribution in [2.45, 2.75) is 0 Å². The van der Waals surface area contributed by atoms with E-state index in [-0.39, 0.29) is 17.3 Å². The molecule has 3 rings (SSSR count). The summed E-state index contributed by atoms with van der Waals surface area (Å²) < 4.78 is 15.4. The molecule has 0 radical (unpaired) electrons. The molecule has 1 amide bonds. The molecule has 0 unspecified atom stereocenters. The van der Waals surface area contributed by atoms with Gasteiger partial charge in [0.25, 0.3) is 5.91 Å². The van der Waals surface area contributed by atoms with Crippen LogP contribution in [0.2, 0.25) is 0 Å². The average Bonchev–Trinajstić information content (AvgIpc) is 3.19. The number of amides is 1. The minimum Gasteiger partial charge on any atom is -0.490 e. The number of hydrogen-bond donors (Lipinski definition) is 1. The average molecular weight is 396 g/mol. The number of para-hydroxylation sites is 2. The van der Waals surface area contributed by atoms with Gasteiger partial charge in [0.15, 0.2) is 18.1 Å². The van der Waals surface area contributed by atoms with Gasteiger partial charge < -0.3 is 14.8 Å². The number of aromatic nitrogens is 2. The lowest BCUT2D eigenvalue weighted by Gasteiger charge is -2.07. The van der Waals surface area contributed by atoms with E-state index in [9.17, 15) is 14.9 Å². The molecule has 0 spiro atoms. The molecule has 3 aromatic rings. The second-order valence-electron chi connectivity index (χ2n) is 5.65. The third-order valence-corrected chi connectivity index (χ3v) is 3.66. The second kappa shape index (κ2) is 9.13. The Morgan fingerprint density at radius 3 is 2.66 bits per heavy atom. The summed E-state index contributed by atoms with van der Waals surface area (Å²) in [5.41, 5.74) is 0.731. The van der Waals surface area contributed by atoms with Gasteiger partial charge >= 0.3 is 5.69 Å². The fraction of sp³-hybridized carbons (Fsp3) is 0.105. The van der Waals surface area contributed by atoms with Crippen molar-refractivity contribution in [2.75, 3.05) is 18.5 Å². The summed E-state index contributed by atoms with van der Waals surface area (Å²) in [5.74, 6) is 0.154. The summed E-state index contributed by atoms with van der Waals surface area (Å²) in [5, 5.41) is 21.0. The minimum atomic E-state index is -0.588. The van der Waals surface area contributed by atoms with Crippen LogP contribution < -0.4 is 14.8 Å². The number of nitrogens with zero attached hydrogens (tertiary/aromatic N) is 3. The van der Waals surface area contributed by atoms with Gasteiger partial charge in [0.2, 0.25) is 5.82 Å². The van der Waals surface area contributed by atoms with E-state index in [1.54, 1.807) is 36.4 Å². The van der Waals surface area contributed by atoms with Crippen LogP contribution in [-0.2, 0) is 4.79 Å². The van der Waals surface area contributed by atoms with Crippen molar-refractivity contribution in [1.29, 1.82) is 0 Å². The number of carbonyl (C=O) groups excluding carboxylic acids is 1. The number of rotatable bonds is 9. The molecule has 148 valence electrons. The molecule has 0 fully saturated rings. The van der Waals surface area contributed by atoms with Crippen LogP contribution in [0.1, 0.15) is 0 Å². The normalized spacial score (nSPS) is 10.2. The number of hydrogen-bond acceptors (Lipinski definition) is 8. The van der Waals surface area contributed by atoms with Crippen LogP contribution in [0.25, 0.3) is 11.3 Å². The Morgan fingerprint density at radius 1 is 1.17 bits per heavy atom. The maximum atomic E-state index is 12.2. The molecule has 0 saturated carbocycles. The molecule has 10 nitrogen and oxygen atoms in total. The molecule has 0 atom stereocenters. The summed E-state index contributed by atoms with van der Waals surface area (Å²) in [7, 11) is 0. The maximum absolute atomic E-state index is 12.2. The first-order valence-electron chi connectivity index (χ1n) is 8.41. The summed E-state index contributed by atoms with van der Waals surface area (Å²) in [6.07, 6.45) is 1.63. The lowest BCUT2D eigenvalue weighted by Crippen LogP contribution is -2.21. The Kier molecular flexibility index (Phi) is 6.15. The van der Waals surface area contributed by atoms with E-state index in [1.807, 2.05) is 0 Å². The van der Waals surface area contributed by atoms with Crippen LogP contribution in [0.4, 0.5) is 11.5 Å². The molecular formula is C19H16N4O6. The van der Waals surface area contributed by atoms with E-state index in [1.165, 1.54) is 18.2 Å². The topological polar surface area (TPSA) is 130 Å². The zero-order valence-corrected chi connectivity index (χ0v) is 15.1. The van der Waals surface area contributed by atoms with Crippen molar-refractivity contribution >= 4 is 17.4 Å². The lowest BCUT2D eigenvalue weighted by molar-refractivity contribution is -0.385. The van der Waals surface area contributed by atoms with Gasteiger partial charge in [-0.15, -0.1) is 0 Å². The van der Waals surface area contributed by atoms with Gasteiger partial charge in [0, 0.05) is 11.6 Å². The predicted molar refractivity (Wildman–Crippen MR) is 103 cm³/mol. The number of nitro benzene ring substituents is 1. The summed E-state index contributed by atoms with van der Waals surface area (Å²) in [4.78, 5) is 22.6. The maximum Gasteiger partial charge on any atom is 0.310 e. The Bertz CT molecular complexity index is 1020. The van der Waals surface area contributed by atoms with Crippen molar-refractivity contribution in [3.05, 3.63) is 71.3 Å².